The van der Waals surface area contributed by atoms with E-state index in [-0.39, 0.29) is 18.3 Å². The summed E-state index contributed by atoms with van der Waals surface area (Å²) in [5, 5.41) is 3.30. The highest BCUT2D eigenvalue weighted by atomic mass is 35.5. The third-order valence-corrected chi connectivity index (χ3v) is 3.07. The lowest BCUT2D eigenvalue weighted by Gasteiger charge is -2.19. The highest BCUT2D eigenvalue weighted by molar-refractivity contribution is 5.85. The van der Waals surface area contributed by atoms with Gasteiger partial charge in [0.1, 0.15) is 0 Å². The van der Waals surface area contributed by atoms with Gasteiger partial charge >= 0.3 is 0 Å². The summed E-state index contributed by atoms with van der Waals surface area (Å²) < 4.78 is 0. The zero-order valence-corrected chi connectivity index (χ0v) is 11.3. The minimum Gasteiger partial charge on any atom is -0.341 e. The number of pyridine rings is 1. The van der Waals surface area contributed by atoms with Crippen molar-refractivity contribution in [3.8, 4) is 0 Å². The maximum atomic E-state index is 12.0. The minimum atomic E-state index is 0. The minimum absolute atomic E-state index is 0. The molecule has 1 saturated heterocycles. The first-order valence-electron chi connectivity index (χ1n) is 6.23. The van der Waals surface area contributed by atoms with Crippen molar-refractivity contribution in [3.63, 3.8) is 0 Å². The normalized spacial score (nSPS) is 15.7. The zero-order chi connectivity index (χ0) is 11.9. The van der Waals surface area contributed by atoms with Crippen molar-refractivity contribution in [2.75, 3.05) is 26.2 Å². The summed E-state index contributed by atoms with van der Waals surface area (Å²) in [6.07, 6.45) is 6.02. The summed E-state index contributed by atoms with van der Waals surface area (Å²) in [6.45, 7) is 3.67. The Morgan fingerprint density at radius 3 is 2.83 bits per heavy atom. The van der Waals surface area contributed by atoms with Crippen molar-refractivity contribution in [2.24, 2.45) is 0 Å². The molecule has 1 aliphatic heterocycles. The molecule has 0 aliphatic carbocycles. The van der Waals surface area contributed by atoms with Gasteiger partial charge in [0, 0.05) is 38.4 Å². The van der Waals surface area contributed by atoms with Crippen LogP contribution in [0.4, 0.5) is 0 Å². The number of nitrogens with zero attached hydrogens (tertiary/aromatic N) is 2. The molecule has 2 heterocycles. The van der Waals surface area contributed by atoms with Crippen LogP contribution in [-0.4, -0.2) is 42.0 Å². The molecule has 1 N–H and O–H groups in total. The van der Waals surface area contributed by atoms with Gasteiger partial charge in [0.05, 0.1) is 0 Å². The molecule has 100 valence electrons. The molecular weight excluding hydrogens is 250 g/mol. The molecule has 1 aromatic rings. The molecule has 0 atom stereocenters. The zero-order valence-electron chi connectivity index (χ0n) is 10.5. The van der Waals surface area contributed by atoms with Crippen LogP contribution in [0.1, 0.15) is 18.4 Å². The maximum absolute atomic E-state index is 12.0. The summed E-state index contributed by atoms with van der Waals surface area (Å²) in [5.74, 6) is 0.269. The van der Waals surface area contributed by atoms with E-state index in [1.807, 2.05) is 17.0 Å². The van der Waals surface area contributed by atoms with Gasteiger partial charge in [0.2, 0.25) is 5.91 Å². The largest absolute Gasteiger partial charge is 0.341 e. The topological polar surface area (TPSA) is 45.2 Å². The van der Waals surface area contributed by atoms with Gasteiger partial charge in [-0.2, -0.15) is 0 Å². The molecule has 0 saturated carbocycles. The van der Waals surface area contributed by atoms with Crippen LogP contribution >= 0.6 is 12.4 Å². The number of nitrogens with one attached hydrogen (secondary N) is 1. The van der Waals surface area contributed by atoms with Crippen molar-refractivity contribution in [1.29, 1.82) is 0 Å². The van der Waals surface area contributed by atoms with Crippen molar-refractivity contribution in [2.45, 2.75) is 19.3 Å². The lowest BCUT2D eigenvalue weighted by Crippen LogP contribution is -2.34. The Labute approximate surface area is 114 Å². The number of amides is 1. The van der Waals surface area contributed by atoms with Crippen LogP contribution in [0.5, 0.6) is 0 Å². The van der Waals surface area contributed by atoms with E-state index in [1.54, 1.807) is 12.4 Å². The molecule has 2 rings (SSSR count). The summed E-state index contributed by atoms with van der Waals surface area (Å²) in [7, 11) is 0. The predicted molar refractivity (Wildman–Crippen MR) is 73.9 cm³/mol. The number of aryl methyl sites for hydroxylation is 1. The molecule has 1 fully saturated rings. The third kappa shape index (κ3) is 4.63. The first-order valence-corrected chi connectivity index (χ1v) is 6.23. The van der Waals surface area contributed by atoms with E-state index in [1.165, 1.54) is 5.56 Å². The SMILES string of the molecule is Cl.O=C(CCc1ccncc1)N1CCCNCC1. The van der Waals surface area contributed by atoms with Crippen molar-refractivity contribution < 1.29 is 4.79 Å². The number of hydrogen-bond donors (Lipinski definition) is 1. The van der Waals surface area contributed by atoms with E-state index < -0.39 is 0 Å². The second kappa shape index (κ2) is 8.06. The van der Waals surface area contributed by atoms with E-state index in [0.717, 1.165) is 39.0 Å². The van der Waals surface area contributed by atoms with Crippen molar-refractivity contribution in [3.05, 3.63) is 30.1 Å². The second-order valence-corrected chi connectivity index (χ2v) is 4.34. The molecule has 1 aliphatic rings. The molecule has 1 amide bonds. The molecule has 0 bridgehead atoms. The fourth-order valence-corrected chi connectivity index (χ4v) is 2.05. The van der Waals surface area contributed by atoms with Crippen LogP contribution < -0.4 is 5.32 Å². The van der Waals surface area contributed by atoms with E-state index in [4.69, 9.17) is 0 Å². The van der Waals surface area contributed by atoms with Crippen LogP contribution in [0.15, 0.2) is 24.5 Å². The highest BCUT2D eigenvalue weighted by Crippen LogP contribution is 2.05. The summed E-state index contributed by atoms with van der Waals surface area (Å²) in [6, 6.07) is 3.94. The molecule has 18 heavy (non-hydrogen) atoms. The van der Waals surface area contributed by atoms with Crippen LogP contribution in [0.3, 0.4) is 0 Å². The molecule has 0 spiro atoms. The van der Waals surface area contributed by atoms with Crippen LogP contribution in [0, 0.1) is 0 Å². The standard InChI is InChI=1S/C13H19N3O.ClH/c17-13(16-10-1-6-14-9-11-16)3-2-12-4-7-15-8-5-12;/h4-5,7-8,14H,1-3,6,9-11H2;1H. The van der Waals surface area contributed by atoms with Gasteiger partial charge in [-0.05, 0) is 37.1 Å². The van der Waals surface area contributed by atoms with Gasteiger partial charge in [0.15, 0.2) is 0 Å². The second-order valence-electron chi connectivity index (χ2n) is 4.34. The fourth-order valence-electron chi connectivity index (χ4n) is 2.05. The molecule has 0 radical (unpaired) electrons. The number of carbonyl (C=O) groups is 1. The summed E-state index contributed by atoms with van der Waals surface area (Å²) in [5.41, 5.74) is 1.18. The maximum Gasteiger partial charge on any atom is 0.222 e. The number of carbonyl (C=O) groups excluding carboxylic acids is 1. The molecule has 0 aromatic carbocycles. The van der Waals surface area contributed by atoms with Crippen LogP contribution in [-0.2, 0) is 11.2 Å². The van der Waals surface area contributed by atoms with E-state index in [9.17, 15) is 4.79 Å². The van der Waals surface area contributed by atoms with Crippen molar-refractivity contribution >= 4 is 18.3 Å². The lowest BCUT2D eigenvalue weighted by atomic mass is 10.1. The van der Waals surface area contributed by atoms with Gasteiger partial charge < -0.3 is 10.2 Å². The van der Waals surface area contributed by atoms with E-state index in [2.05, 4.69) is 10.3 Å². The Morgan fingerprint density at radius 1 is 1.28 bits per heavy atom. The first-order chi connectivity index (χ1) is 8.36. The number of aromatic nitrogens is 1. The Balaban J connectivity index is 0.00000162. The van der Waals surface area contributed by atoms with Crippen LogP contribution in [0.2, 0.25) is 0 Å². The highest BCUT2D eigenvalue weighted by Gasteiger charge is 2.14. The average molecular weight is 270 g/mol. The molecule has 0 unspecified atom stereocenters. The first kappa shape index (κ1) is 14.9. The molecular formula is C13H20ClN3O. The van der Waals surface area contributed by atoms with Crippen LogP contribution in [0.25, 0.3) is 0 Å². The smallest absolute Gasteiger partial charge is 0.222 e. The number of rotatable bonds is 3. The summed E-state index contributed by atoms with van der Waals surface area (Å²) in [4.78, 5) is 18.0. The molecule has 1 aromatic heterocycles. The molecule has 5 heteroatoms. The quantitative estimate of drug-likeness (QED) is 0.899. The fraction of sp³-hybridized carbons (Fsp3) is 0.538. The van der Waals surface area contributed by atoms with Gasteiger partial charge in [0.25, 0.3) is 0 Å². The Hall–Kier alpha value is -1.13. The summed E-state index contributed by atoms with van der Waals surface area (Å²) >= 11 is 0. The van der Waals surface area contributed by atoms with Gasteiger partial charge in [-0.25, -0.2) is 0 Å². The van der Waals surface area contributed by atoms with Gasteiger partial charge in [-0.15, -0.1) is 12.4 Å². The Kier molecular flexibility index (Phi) is 6.68. The third-order valence-electron chi connectivity index (χ3n) is 3.07. The van der Waals surface area contributed by atoms with Gasteiger partial charge in [-0.3, -0.25) is 9.78 Å². The van der Waals surface area contributed by atoms with E-state index in [0.29, 0.717) is 6.42 Å². The monoisotopic (exact) mass is 269 g/mol. The Bertz CT molecular complexity index is 351. The van der Waals surface area contributed by atoms with Gasteiger partial charge in [-0.1, -0.05) is 0 Å². The Morgan fingerprint density at radius 2 is 2.06 bits per heavy atom. The predicted octanol–water partition coefficient (Wildman–Crippen LogP) is 1.26. The van der Waals surface area contributed by atoms with Crippen molar-refractivity contribution in [1.82, 2.24) is 15.2 Å². The van der Waals surface area contributed by atoms with E-state index >= 15 is 0 Å². The average Bonchev–Trinajstić information content (AvgIpc) is 2.66. The number of halogens is 1. The number of hydrogen-bond acceptors (Lipinski definition) is 3. The lowest BCUT2D eigenvalue weighted by molar-refractivity contribution is -0.130. The molecule has 4 nitrogen and oxygen atoms in total.